The van der Waals surface area contributed by atoms with Crippen molar-refractivity contribution in [3.05, 3.63) is 33.4 Å². The molecule has 4 nitrogen and oxygen atoms in total. The minimum atomic E-state index is -0.886. The fraction of sp³-hybridized carbons (Fsp3) is 0.385. The number of thiazole rings is 1. The quantitative estimate of drug-likeness (QED) is 0.924. The predicted molar refractivity (Wildman–Crippen MR) is 72.4 cm³/mol. The van der Waals surface area contributed by atoms with E-state index in [1.807, 2.05) is 18.2 Å². The predicted octanol–water partition coefficient (Wildman–Crippen LogP) is 2.66. The smallest absolute Gasteiger partial charge is 0.308 e. The Labute approximate surface area is 108 Å². The van der Waals surface area contributed by atoms with Crippen LogP contribution in [-0.2, 0) is 11.3 Å². The number of carboxylic acid groups (broad SMARTS) is 1. The molecular weight excluding hydrogens is 250 g/mol. The van der Waals surface area contributed by atoms with Gasteiger partial charge in [-0.2, -0.15) is 0 Å². The van der Waals surface area contributed by atoms with Crippen LogP contribution >= 0.6 is 11.3 Å². The first-order valence-electron chi connectivity index (χ1n) is 5.84. The summed E-state index contributed by atoms with van der Waals surface area (Å²) in [5.41, 5.74) is 1.99. The minimum Gasteiger partial charge on any atom is -0.481 e. The van der Waals surface area contributed by atoms with E-state index in [0.29, 0.717) is 5.92 Å². The highest BCUT2D eigenvalue weighted by Gasteiger charge is 2.14. The van der Waals surface area contributed by atoms with E-state index in [-0.39, 0.29) is 17.8 Å². The van der Waals surface area contributed by atoms with Gasteiger partial charge in [-0.15, -0.1) is 0 Å². The lowest BCUT2D eigenvalue weighted by atomic mass is 10.0. The maximum absolute atomic E-state index is 11.9. The van der Waals surface area contributed by atoms with Crippen molar-refractivity contribution >= 4 is 27.5 Å². The summed E-state index contributed by atoms with van der Waals surface area (Å²) in [7, 11) is 0. The van der Waals surface area contributed by atoms with Crippen LogP contribution in [0, 0.1) is 0 Å². The van der Waals surface area contributed by atoms with E-state index < -0.39 is 5.97 Å². The van der Waals surface area contributed by atoms with Crippen molar-refractivity contribution in [3.8, 4) is 0 Å². The number of nitrogens with zero attached hydrogens (tertiary/aromatic N) is 1. The zero-order valence-electron chi connectivity index (χ0n) is 10.3. The lowest BCUT2D eigenvalue weighted by Gasteiger charge is -2.10. The van der Waals surface area contributed by atoms with Crippen LogP contribution in [0.4, 0.5) is 0 Å². The van der Waals surface area contributed by atoms with E-state index in [1.54, 1.807) is 4.57 Å². The molecule has 1 aromatic carbocycles. The summed E-state index contributed by atoms with van der Waals surface area (Å²) < 4.78 is 2.51. The Morgan fingerprint density at radius 3 is 2.78 bits per heavy atom. The van der Waals surface area contributed by atoms with Crippen LogP contribution in [0.3, 0.4) is 0 Å². The molecule has 1 heterocycles. The third-order valence-corrected chi connectivity index (χ3v) is 3.83. The van der Waals surface area contributed by atoms with Crippen molar-refractivity contribution in [2.24, 2.45) is 0 Å². The highest BCUT2D eigenvalue weighted by molar-refractivity contribution is 7.16. The topological polar surface area (TPSA) is 59.3 Å². The Kier molecular flexibility index (Phi) is 3.52. The van der Waals surface area contributed by atoms with Gasteiger partial charge in [-0.3, -0.25) is 14.2 Å². The van der Waals surface area contributed by atoms with Crippen molar-refractivity contribution in [2.75, 3.05) is 0 Å². The molecule has 0 aliphatic rings. The van der Waals surface area contributed by atoms with Crippen molar-refractivity contribution < 1.29 is 9.90 Å². The summed E-state index contributed by atoms with van der Waals surface area (Å²) in [6.45, 7) is 4.37. The van der Waals surface area contributed by atoms with E-state index in [1.165, 1.54) is 11.3 Å². The molecule has 0 aliphatic heterocycles. The molecule has 0 saturated carbocycles. The number of benzene rings is 1. The van der Waals surface area contributed by atoms with E-state index >= 15 is 0 Å². The molecule has 96 valence electrons. The standard InChI is InChI=1S/C13H15NO3S/c1-8(2)9-4-3-5-10-12(9)14(13(17)18-10)7-6-11(15)16/h3-5,8H,6-7H2,1-2H3,(H,15,16). The van der Waals surface area contributed by atoms with Crippen LogP contribution in [-0.4, -0.2) is 15.6 Å². The van der Waals surface area contributed by atoms with Crippen molar-refractivity contribution in [1.29, 1.82) is 0 Å². The second-order valence-corrected chi connectivity index (χ2v) is 5.51. The summed E-state index contributed by atoms with van der Waals surface area (Å²) in [6, 6.07) is 5.84. The van der Waals surface area contributed by atoms with Gasteiger partial charge >= 0.3 is 10.8 Å². The zero-order chi connectivity index (χ0) is 13.3. The lowest BCUT2D eigenvalue weighted by molar-refractivity contribution is -0.137. The number of aromatic nitrogens is 1. The molecule has 2 aromatic rings. The van der Waals surface area contributed by atoms with E-state index in [2.05, 4.69) is 13.8 Å². The minimum absolute atomic E-state index is 0.0296. The SMILES string of the molecule is CC(C)c1cccc2sc(=O)n(CCC(=O)O)c12. The number of carboxylic acids is 1. The summed E-state index contributed by atoms with van der Waals surface area (Å²) in [6.07, 6.45) is -0.0296. The van der Waals surface area contributed by atoms with Gasteiger partial charge in [0.05, 0.1) is 16.6 Å². The van der Waals surface area contributed by atoms with Gasteiger partial charge in [0, 0.05) is 6.54 Å². The van der Waals surface area contributed by atoms with Gasteiger partial charge in [0.25, 0.3) is 0 Å². The van der Waals surface area contributed by atoms with Crippen molar-refractivity contribution in [1.82, 2.24) is 4.57 Å². The van der Waals surface area contributed by atoms with Crippen LogP contribution in [0.2, 0.25) is 0 Å². The molecule has 0 fully saturated rings. The second-order valence-electron chi connectivity index (χ2n) is 4.51. The summed E-state index contributed by atoms with van der Waals surface area (Å²) >= 11 is 1.18. The molecule has 0 aliphatic carbocycles. The number of carbonyl (C=O) groups is 1. The summed E-state index contributed by atoms with van der Waals surface area (Å²) in [5, 5.41) is 8.74. The highest BCUT2D eigenvalue weighted by Crippen LogP contribution is 2.27. The summed E-state index contributed by atoms with van der Waals surface area (Å²) in [5.74, 6) is -0.581. The molecule has 0 amide bonds. The van der Waals surface area contributed by atoms with E-state index in [9.17, 15) is 9.59 Å². The van der Waals surface area contributed by atoms with Gasteiger partial charge < -0.3 is 5.11 Å². The zero-order valence-corrected chi connectivity index (χ0v) is 11.2. The number of rotatable bonds is 4. The number of aryl methyl sites for hydroxylation is 1. The Morgan fingerprint density at radius 2 is 2.17 bits per heavy atom. The highest BCUT2D eigenvalue weighted by atomic mass is 32.1. The van der Waals surface area contributed by atoms with Gasteiger partial charge in [-0.25, -0.2) is 0 Å². The maximum Gasteiger partial charge on any atom is 0.308 e. The largest absolute Gasteiger partial charge is 0.481 e. The molecule has 2 rings (SSSR count). The number of hydrogen-bond donors (Lipinski definition) is 1. The monoisotopic (exact) mass is 265 g/mol. The number of para-hydroxylation sites is 1. The molecule has 0 saturated heterocycles. The normalized spacial score (nSPS) is 11.3. The molecule has 0 unspecified atom stereocenters. The lowest BCUT2D eigenvalue weighted by Crippen LogP contribution is -2.16. The third-order valence-electron chi connectivity index (χ3n) is 2.89. The van der Waals surface area contributed by atoms with Crippen molar-refractivity contribution in [3.63, 3.8) is 0 Å². The van der Waals surface area contributed by atoms with Gasteiger partial charge in [-0.05, 0) is 17.5 Å². The first kappa shape index (κ1) is 12.8. The fourth-order valence-electron chi connectivity index (χ4n) is 2.03. The maximum atomic E-state index is 11.9. The van der Waals surface area contributed by atoms with E-state index in [4.69, 9.17) is 5.11 Å². The molecule has 0 bridgehead atoms. The number of fused-ring (bicyclic) bond motifs is 1. The number of hydrogen-bond acceptors (Lipinski definition) is 3. The van der Waals surface area contributed by atoms with Gasteiger partial charge in [0.1, 0.15) is 0 Å². The molecule has 0 spiro atoms. The van der Waals surface area contributed by atoms with Crippen molar-refractivity contribution in [2.45, 2.75) is 32.7 Å². The van der Waals surface area contributed by atoms with E-state index in [0.717, 1.165) is 15.8 Å². The Morgan fingerprint density at radius 1 is 1.44 bits per heavy atom. The van der Waals surface area contributed by atoms with Crippen LogP contribution in [0.15, 0.2) is 23.0 Å². The van der Waals surface area contributed by atoms with Gasteiger partial charge in [0.15, 0.2) is 0 Å². The third kappa shape index (κ3) is 2.31. The average Bonchev–Trinajstić information content (AvgIpc) is 2.61. The van der Waals surface area contributed by atoms with Crippen LogP contribution < -0.4 is 4.87 Å². The Balaban J connectivity index is 2.60. The molecule has 0 atom stereocenters. The Bertz CT molecular complexity index is 639. The summed E-state index contributed by atoms with van der Waals surface area (Å²) in [4.78, 5) is 22.5. The second kappa shape index (κ2) is 4.94. The molecule has 1 N–H and O–H groups in total. The fourth-order valence-corrected chi connectivity index (χ4v) is 2.98. The first-order chi connectivity index (χ1) is 8.50. The molecule has 5 heteroatoms. The first-order valence-corrected chi connectivity index (χ1v) is 6.66. The number of aliphatic carboxylic acids is 1. The molecule has 18 heavy (non-hydrogen) atoms. The molecule has 1 aromatic heterocycles. The van der Waals surface area contributed by atoms with Crippen LogP contribution in [0.1, 0.15) is 31.7 Å². The van der Waals surface area contributed by atoms with Gasteiger partial charge in [0.2, 0.25) is 0 Å². The average molecular weight is 265 g/mol. The van der Waals surface area contributed by atoms with Crippen LogP contribution in [0.25, 0.3) is 10.2 Å². The van der Waals surface area contributed by atoms with Gasteiger partial charge in [-0.1, -0.05) is 37.3 Å². The molecular formula is C13H15NO3S. The van der Waals surface area contributed by atoms with Crippen LogP contribution in [0.5, 0.6) is 0 Å². The Hall–Kier alpha value is -1.62. The molecule has 0 radical (unpaired) electrons.